The summed E-state index contributed by atoms with van der Waals surface area (Å²) in [6.45, 7) is 2.47. The highest BCUT2D eigenvalue weighted by molar-refractivity contribution is 7.90. The maximum Gasteiger partial charge on any atom is 0.270 e. The topological polar surface area (TPSA) is 141 Å². The van der Waals surface area contributed by atoms with Crippen molar-refractivity contribution in [2.45, 2.75) is 30.6 Å². The lowest BCUT2D eigenvalue weighted by Gasteiger charge is -2.17. The molecular formula is C30H29N3O7S. The molecule has 1 heterocycles. The molecule has 0 spiro atoms. The molecule has 1 unspecified atom stereocenters. The summed E-state index contributed by atoms with van der Waals surface area (Å²) >= 11 is 0. The Morgan fingerprint density at radius 1 is 1.10 bits per heavy atom. The molecule has 0 aliphatic rings. The summed E-state index contributed by atoms with van der Waals surface area (Å²) in [5, 5.41) is 12.0. The molecule has 1 aromatic heterocycles. The zero-order chi connectivity index (χ0) is 29.6. The Bertz CT molecular complexity index is 1770. The van der Waals surface area contributed by atoms with Crippen LogP contribution in [0.4, 0.5) is 5.69 Å². The number of methoxy groups -OCH3 is 2. The largest absolute Gasteiger partial charge is 0.496 e. The Labute approximate surface area is 237 Å². The number of hydrogen-bond acceptors (Lipinski definition) is 7. The number of carbonyl (C=O) groups is 1. The van der Waals surface area contributed by atoms with Crippen LogP contribution in [0.15, 0.2) is 71.8 Å². The first-order valence-corrected chi connectivity index (χ1v) is 14.2. The third-order valence-corrected chi connectivity index (χ3v) is 8.00. The van der Waals surface area contributed by atoms with Gasteiger partial charge in [0.05, 0.1) is 12.0 Å². The molecule has 0 bridgehead atoms. The van der Waals surface area contributed by atoms with Gasteiger partial charge >= 0.3 is 0 Å². The van der Waals surface area contributed by atoms with Gasteiger partial charge in [0, 0.05) is 72.0 Å². The van der Waals surface area contributed by atoms with Crippen molar-refractivity contribution in [3.05, 3.63) is 99.2 Å². The quantitative estimate of drug-likeness (QED) is 0.116. The summed E-state index contributed by atoms with van der Waals surface area (Å²) < 4.78 is 39.0. The molecule has 0 saturated carbocycles. The maximum absolute atomic E-state index is 13.2. The van der Waals surface area contributed by atoms with Crippen molar-refractivity contribution in [3.8, 4) is 17.6 Å². The highest BCUT2D eigenvalue weighted by atomic mass is 32.2. The number of carbonyl (C=O) groups excluding carboxylic acids is 1. The van der Waals surface area contributed by atoms with Crippen LogP contribution in [0.1, 0.15) is 52.7 Å². The van der Waals surface area contributed by atoms with E-state index in [0.717, 1.165) is 11.1 Å². The van der Waals surface area contributed by atoms with Crippen LogP contribution in [-0.4, -0.2) is 45.1 Å². The molecule has 212 valence electrons. The summed E-state index contributed by atoms with van der Waals surface area (Å²) in [5.74, 6) is 5.08. The molecule has 4 rings (SSSR count). The first-order valence-electron chi connectivity index (χ1n) is 12.7. The Hall–Kier alpha value is -4.66. The number of nitrogens with one attached hydrogen (secondary N) is 2. The molecular weight excluding hydrogens is 546 g/mol. The molecule has 0 saturated heterocycles. The van der Waals surface area contributed by atoms with Gasteiger partial charge in [-0.15, -0.1) is 0 Å². The van der Waals surface area contributed by atoms with Crippen LogP contribution < -0.4 is 9.46 Å². The van der Waals surface area contributed by atoms with Crippen molar-refractivity contribution in [1.82, 2.24) is 9.71 Å². The van der Waals surface area contributed by atoms with E-state index in [1.165, 1.54) is 37.4 Å². The van der Waals surface area contributed by atoms with Crippen molar-refractivity contribution < 1.29 is 27.6 Å². The molecule has 0 aliphatic carbocycles. The summed E-state index contributed by atoms with van der Waals surface area (Å²) in [6, 6.07) is 15.5. The number of fused-ring (bicyclic) bond motifs is 1. The van der Waals surface area contributed by atoms with E-state index in [1.807, 2.05) is 6.92 Å². The number of ether oxygens (including phenoxy) is 2. The van der Waals surface area contributed by atoms with Crippen molar-refractivity contribution in [2.24, 2.45) is 0 Å². The number of sulfonamides is 1. The van der Waals surface area contributed by atoms with Gasteiger partial charge in [-0.05, 0) is 42.3 Å². The highest BCUT2D eigenvalue weighted by Crippen LogP contribution is 2.37. The Balaban J connectivity index is 1.59. The standard InChI is InChI=1S/C30H29N3O7S/c1-20(26-19-31-27-15-13-23(33(35)36)18-25(26)27)24-14-12-22(17-28(24)40-3)30(34)32-41(37,38)29-11-7-6-10-21(29)9-5-4-8-16-39-2/h6-7,10-15,17-20,31H,4,8,16H2,1-3H3,(H,32,34). The van der Waals surface area contributed by atoms with E-state index in [2.05, 4.69) is 21.5 Å². The van der Waals surface area contributed by atoms with Crippen LogP contribution in [0.25, 0.3) is 10.9 Å². The van der Waals surface area contributed by atoms with Gasteiger partial charge in [0.2, 0.25) is 0 Å². The van der Waals surface area contributed by atoms with Crippen molar-refractivity contribution in [1.29, 1.82) is 0 Å². The van der Waals surface area contributed by atoms with Gasteiger partial charge in [-0.1, -0.05) is 37.0 Å². The molecule has 0 fully saturated rings. The van der Waals surface area contributed by atoms with Crippen LogP contribution >= 0.6 is 0 Å². The number of H-pyrrole nitrogens is 1. The summed E-state index contributed by atoms with van der Waals surface area (Å²) in [5.41, 5.74) is 2.61. The number of non-ortho nitro benzene ring substituents is 1. The highest BCUT2D eigenvalue weighted by Gasteiger charge is 2.24. The van der Waals surface area contributed by atoms with Crippen LogP contribution in [-0.2, 0) is 14.8 Å². The zero-order valence-corrected chi connectivity index (χ0v) is 23.6. The monoisotopic (exact) mass is 575 g/mol. The van der Waals surface area contributed by atoms with E-state index in [4.69, 9.17) is 9.47 Å². The minimum atomic E-state index is -4.23. The van der Waals surface area contributed by atoms with Gasteiger partial charge < -0.3 is 14.5 Å². The predicted molar refractivity (Wildman–Crippen MR) is 155 cm³/mol. The molecule has 0 aliphatic heterocycles. The number of nitrogens with zero attached hydrogens (tertiary/aromatic N) is 1. The Morgan fingerprint density at radius 2 is 1.88 bits per heavy atom. The molecule has 4 aromatic rings. The summed E-state index contributed by atoms with van der Waals surface area (Å²) in [4.78, 5) is 26.9. The van der Waals surface area contributed by atoms with E-state index in [0.29, 0.717) is 36.1 Å². The Kier molecular flexibility index (Phi) is 9.07. The fraction of sp³-hybridized carbons (Fsp3) is 0.233. The Morgan fingerprint density at radius 3 is 2.61 bits per heavy atom. The van der Waals surface area contributed by atoms with Crippen LogP contribution in [0.5, 0.6) is 5.75 Å². The van der Waals surface area contributed by atoms with E-state index in [9.17, 15) is 23.3 Å². The predicted octanol–water partition coefficient (Wildman–Crippen LogP) is 5.13. The van der Waals surface area contributed by atoms with Gasteiger partial charge in [0.15, 0.2) is 0 Å². The molecule has 10 nitrogen and oxygen atoms in total. The molecule has 3 aromatic carbocycles. The van der Waals surface area contributed by atoms with Gasteiger partial charge in [-0.2, -0.15) is 0 Å². The van der Waals surface area contributed by atoms with Crippen molar-refractivity contribution >= 4 is 32.5 Å². The summed E-state index contributed by atoms with van der Waals surface area (Å²) in [6.07, 6.45) is 3.03. The second-order valence-electron chi connectivity index (χ2n) is 9.24. The van der Waals surface area contributed by atoms with Crippen LogP contribution in [0.3, 0.4) is 0 Å². The van der Waals surface area contributed by atoms with Gasteiger partial charge in [-0.25, -0.2) is 13.1 Å². The van der Waals surface area contributed by atoms with Crippen LogP contribution in [0, 0.1) is 22.0 Å². The number of amides is 1. The zero-order valence-electron chi connectivity index (χ0n) is 22.8. The lowest BCUT2D eigenvalue weighted by Crippen LogP contribution is -2.31. The van der Waals surface area contributed by atoms with Crippen LogP contribution in [0.2, 0.25) is 0 Å². The lowest BCUT2D eigenvalue weighted by atomic mass is 9.91. The molecule has 2 N–H and O–H groups in total. The number of aromatic nitrogens is 1. The maximum atomic E-state index is 13.2. The third kappa shape index (κ3) is 6.57. The van der Waals surface area contributed by atoms with Gasteiger partial charge in [0.1, 0.15) is 10.6 Å². The number of aromatic amines is 1. The van der Waals surface area contributed by atoms with Crippen molar-refractivity contribution in [3.63, 3.8) is 0 Å². The fourth-order valence-corrected chi connectivity index (χ4v) is 5.62. The fourth-order valence-electron chi connectivity index (χ4n) is 4.48. The van der Waals surface area contributed by atoms with Crippen molar-refractivity contribution in [2.75, 3.05) is 20.8 Å². The van der Waals surface area contributed by atoms with Gasteiger partial charge in [-0.3, -0.25) is 14.9 Å². The minimum absolute atomic E-state index is 0.0237. The normalized spacial score (nSPS) is 11.9. The van der Waals surface area contributed by atoms with E-state index >= 15 is 0 Å². The van der Waals surface area contributed by atoms with E-state index in [1.54, 1.807) is 43.6 Å². The molecule has 1 amide bonds. The van der Waals surface area contributed by atoms with Gasteiger partial charge in [0.25, 0.3) is 21.6 Å². The number of hydrogen-bond donors (Lipinski definition) is 2. The first kappa shape index (κ1) is 29.3. The smallest absolute Gasteiger partial charge is 0.270 e. The van der Waals surface area contributed by atoms with E-state index in [-0.39, 0.29) is 27.6 Å². The third-order valence-electron chi connectivity index (χ3n) is 6.61. The second-order valence-corrected chi connectivity index (χ2v) is 10.9. The first-order chi connectivity index (χ1) is 19.7. The average molecular weight is 576 g/mol. The van der Waals surface area contributed by atoms with E-state index < -0.39 is 20.9 Å². The molecule has 1 atom stereocenters. The molecule has 11 heteroatoms. The average Bonchev–Trinajstić information content (AvgIpc) is 3.39. The summed E-state index contributed by atoms with van der Waals surface area (Å²) in [7, 11) is -1.18. The molecule has 41 heavy (non-hydrogen) atoms. The second kappa shape index (κ2) is 12.7. The SMILES string of the molecule is COCCCC#Cc1ccccc1S(=O)(=O)NC(=O)c1ccc(C(C)c2c[nH]c3ccc([N+](=O)[O-])cc23)c(OC)c1. The minimum Gasteiger partial charge on any atom is -0.496 e. The number of rotatable bonds is 10. The molecule has 0 radical (unpaired) electrons. The number of benzene rings is 3. The number of nitro benzene ring substituents is 1. The lowest BCUT2D eigenvalue weighted by molar-refractivity contribution is -0.384. The number of nitro groups is 1. The number of unbranched alkanes of at least 4 members (excludes halogenated alkanes) is 1.